The van der Waals surface area contributed by atoms with Crippen molar-refractivity contribution in [1.82, 2.24) is 0 Å². The molecule has 0 radical (unpaired) electrons. The molecule has 0 aliphatic rings. The van der Waals surface area contributed by atoms with Crippen molar-refractivity contribution in [3.63, 3.8) is 0 Å². The van der Waals surface area contributed by atoms with Gasteiger partial charge in [0.1, 0.15) is 5.75 Å². The van der Waals surface area contributed by atoms with Crippen molar-refractivity contribution < 1.29 is 15.3 Å². The minimum Gasteiger partial charge on any atom is -0.507 e. The van der Waals surface area contributed by atoms with Gasteiger partial charge in [0.25, 0.3) is 0 Å². The summed E-state index contributed by atoms with van der Waals surface area (Å²) < 4.78 is 0. The van der Waals surface area contributed by atoms with Crippen molar-refractivity contribution in [2.45, 2.75) is 19.0 Å². The molecule has 1 rings (SSSR count). The van der Waals surface area contributed by atoms with Crippen LogP contribution in [0.2, 0.25) is 0 Å². The van der Waals surface area contributed by atoms with Gasteiger partial charge in [-0.25, -0.2) is 0 Å². The molecule has 0 aromatic heterocycles. The lowest BCUT2D eigenvalue weighted by molar-refractivity contribution is 0.259. The maximum absolute atomic E-state index is 9.93. The molecule has 0 aliphatic heterocycles. The van der Waals surface area contributed by atoms with Crippen LogP contribution in [0.4, 0.5) is 0 Å². The molecule has 90 valence electrons. The SMILES string of the molecule is Cc1cc([C@@H](N)CO)c(O)c([C@@H](N)CO)c1. The van der Waals surface area contributed by atoms with Crippen molar-refractivity contribution in [3.8, 4) is 5.75 Å². The molecule has 0 heterocycles. The summed E-state index contributed by atoms with van der Waals surface area (Å²) in [5.41, 5.74) is 13.1. The third-order valence-electron chi connectivity index (χ3n) is 2.51. The Bertz CT molecular complexity index is 337. The molecule has 0 bridgehead atoms. The fourth-order valence-electron chi connectivity index (χ4n) is 1.60. The van der Waals surface area contributed by atoms with Crippen LogP contribution in [0.25, 0.3) is 0 Å². The third-order valence-corrected chi connectivity index (χ3v) is 2.51. The minimum absolute atomic E-state index is 0.0475. The molecule has 0 unspecified atom stereocenters. The first kappa shape index (κ1) is 12.9. The number of nitrogens with two attached hydrogens (primary N) is 2. The zero-order valence-electron chi connectivity index (χ0n) is 9.22. The summed E-state index contributed by atoms with van der Waals surface area (Å²) in [6.07, 6.45) is 0. The van der Waals surface area contributed by atoms with Crippen LogP contribution in [-0.4, -0.2) is 28.5 Å². The smallest absolute Gasteiger partial charge is 0.125 e. The molecule has 1 aromatic carbocycles. The molecule has 0 aliphatic carbocycles. The highest BCUT2D eigenvalue weighted by molar-refractivity contribution is 5.46. The lowest BCUT2D eigenvalue weighted by Crippen LogP contribution is -2.19. The highest BCUT2D eigenvalue weighted by atomic mass is 16.3. The number of phenolic OH excluding ortho intramolecular Hbond substituents is 1. The minimum atomic E-state index is -0.649. The first-order valence-electron chi connectivity index (χ1n) is 5.07. The van der Waals surface area contributed by atoms with Gasteiger partial charge in [-0.05, 0) is 6.92 Å². The number of aliphatic hydroxyl groups is 2. The van der Waals surface area contributed by atoms with Crippen molar-refractivity contribution in [2.75, 3.05) is 13.2 Å². The van der Waals surface area contributed by atoms with Gasteiger partial charge < -0.3 is 26.8 Å². The fourth-order valence-corrected chi connectivity index (χ4v) is 1.60. The number of aryl methyl sites for hydroxylation is 1. The van der Waals surface area contributed by atoms with Crippen LogP contribution in [-0.2, 0) is 0 Å². The summed E-state index contributed by atoms with van der Waals surface area (Å²) in [6, 6.07) is 2.10. The molecule has 1 aromatic rings. The molecule has 0 saturated heterocycles. The fraction of sp³-hybridized carbons (Fsp3) is 0.455. The Morgan fingerprint density at radius 1 is 1.06 bits per heavy atom. The van der Waals surface area contributed by atoms with Gasteiger partial charge in [0.2, 0.25) is 0 Å². The lowest BCUT2D eigenvalue weighted by atomic mass is 9.96. The average Bonchev–Trinajstić information content (AvgIpc) is 2.29. The Kier molecular flexibility index (Phi) is 4.26. The second kappa shape index (κ2) is 5.27. The van der Waals surface area contributed by atoms with Crippen LogP contribution in [0.3, 0.4) is 0 Å². The van der Waals surface area contributed by atoms with Crippen molar-refractivity contribution in [3.05, 3.63) is 28.8 Å². The predicted octanol–water partition coefficient (Wildman–Crippen LogP) is -0.315. The van der Waals surface area contributed by atoms with Gasteiger partial charge in [0, 0.05) is 11.1 Å². The highest BCUT2D eigenvalue weighted by Gasteiger charge is 2.17. The zero-order chi connectivity index (χ0) is 12.3. The van der Waals surface area contributed by atoms with Crippen molar-refractivity contribution in [1.29, 1.82) is 0 Å². The van der Waals surface area contributed by atoms with Crippen LogP contribution in [0.15, 0.2) is 12.1 Å². The van der Waals surface area contributed by atoms with E-state index in [1.165, 1.54) is 0 Å². The van der Waals surface area contributed by atoms with E-state index in [-0.39, 0.29) is 19.0 Å². The van der Waals surface area contributed by atoms with Crippen molar-refractivity contribution in [2.24, 2.45) is 11.5 Å². The molecule has 5 nitrogen and oxygen atoms in total. The topological polar surface area (TPSA) is 113 Å². The normalized spacial score (nSPS) is 14.8. The zero-order valence-corrected chi connectivity index (χ0v) is 9.22. The Morgan fingerprint density at radius 3 is 1.75 bits per heavy atom. The molecule has 7 N–H and O–H groups in total. The van der Waals surface area contributed by atoms with E-state index in [9.17, 15) is 5.11 Å². The molecule has 0 amide bonds. The predicted molar refractivity (Wildman–Crippen MR) is 60.9 cm³/mol. The number of aromatic hydroxyl groups is 1. The Hall–Kier alpha value is -1.14. The number of rotatable bonds is 4. The number of hydrogen-bond donors (Lipinski definition) is 5. The molecule has 16 heavy (non-hydrogen) atoms. The molecule has 0 spiro atoms. The van der Waals surface area contributed by atoms with Gasteiger partial charge >= 0.3 is 0 Å². The number of benzene rings is 1. The van der Waals surface area contributed by atoms with Gasteiger partial charge in [-0.2, -0.15) is 0 Å². The van der Waals surface area contributed by atoms with E-state index in [2.05, 4.69) is 0 Å². The summed E-state index contributed by atoms with van der Waals surface area (Å²) in [5, 5.41) is 27.9. The van der Waals surface area contributed by atoms with E-state index in [1.54, 1.807) is 12.1 Å². The van der Waals surface area contributed by atoms with Gasteiger partial charge in [-0.15, -0.1) is 0 Å². The summed E-state index contributed by atoms with van der Waals surface area (Å²) in [7, 11) is 0. The number of hydrogen-bond acceptors (Lipinski definition) is 5. The second-order valence-corrected chi connectivity index (χ2v) is 3.87. The van der Waals surface area contributed by atoms with Gasteiger partial charge in [0.15, 0.2) is 0 Å². The molecule has 0 saturated carbocycles. The van der Waals surface area contributed by atoms with Crippen LogP contribution in [0.5, 0.6) is 5.75 Å². The summed E-state index contributed by atoms with van der Waals surface area (Å²) in [5.74, 6) is -0.0475. The Balaban J connectivity index is 3.25. The largest absolute Gasteiger partial charge is 0.507 e. The van der Waals surface area contributed by atoms with E-state index in [4.69, 9.17) is 21.7 Å². The first-order valence-corrected chi connectivity index (χ1v) is 5.07. The monoisotopic (exact) mass is 226 g/mol. The highest BCUT2D eigenvalue weighted by Crippen LogP contribution is 2.31. The summed E-state index contributed by atoms with van der Waals surface area (Å²) >= 11 is 0. The Labute approximate surface area is 94.3 Å². The number of aliphatic hydroxyl groups excluding tert-OH is 2. The van der Waals surface area contributed by atoms with Crippen LogP contribution >= 0.6 is 0 Å². The standard InChI is InChI=1S/C11H18N2O3/c1-6-2-7(9(12)4-14)11(16)8(3-6)10(13)5-15/h2-3,9-10,14-16H,4-5,12-13H2,1H3/t9-,10-/m0/s1. The summed E-state index contributed by atoms with van der Waals surface area (Å²) in [6.45, 7) is 1.32. The van der Waals surface area contributed by atoms with E-state index in [0.717, 1.165) is 5.56 Å². The molecular formula is C11H18N2O3. The average molecular weight is 226 g/mol. The number of phenols is 1. The Morgan fingerprint density at radius 2 is 1.44 bits per heavy atom. The summed E-state index contributed by atoms with van der Waals surface area (Å²) in [4.78, 5) is 0. The van der Waals surface area contributed by atoms with E-state index in [1.807, 2.05) is 6.92 Å². The second-order valence-electron chi connectivity index (χ2n) is 3.87. The van der Waals surface area contributed by atoms with E-state index >= 15 is 0 Å². The molecular weight excluding hydrogens is 208 g/mol. The lowest BCUT2D eigenvalue weighted by Gasteiger charge is -2.18. The maximum Gasteiger partial charge on any atom is 0.125 e. The first-order chi connectivity index (χ1) is 7.51. The van der Waals surface area contributed by atoms with Crippen molar-refractivity contribution >= 4 is 0 Å². The van der Waals surface area contributed by atoms with Gasteiger partial charge in [0.05, 0.1) is 25.3 Å². The van der Waals surface area contributed by atoms with Crippen LogP contribution in [0, 0.1) is 6.92 Å². The molecule has 2 atom stereocenters. The third kappa shape index (κ3) is 2.51. The van der Waals surface area contributed by atoms with Crippen LogP contribution in [0.1, 0.15) is 28.8 Å². The van der Waals surface area contributed by atoms with Crippen LogP contribution < -0.4 is 11.5 Å². The van der Waals surface area contributed by atoms with E-state index < -0.39 is 12.1 Å². The molecule has 5 heteroatoms. The van der Waals surface area contributed by atoms with Gasteiger partial charge in [-0.3, -0.25) is 0 Å². The quantitative estimate of drug-likeness (QED) is 0.483. The van der Waals surface area contributed by atoms with E-state index in [0.29, 0.717) is 11.1 Å². The molecule has 0 fully saturated rings. The maximum atomic E-state index is 9.93. The van der Waals surface area contributed by atoms with Gasteiger partial charge in [-0.1, -0.05) is 17.7 Å².